The fraction of sp³-hybridized carbons (Fsp3) is 0.684. The van der Waals surface area contributed by atoms with Gasteiger partial charge >= 0.3 is 0 Å². The first kappa shape index (κ1) is 16.4. The highest BCUT2D eigenvalue weighted by molar-refractivity contribution is 5.30. The number of benzene rings is 1. The van der Waals surface area contributed by atoms with Gasteiger partial charge in [-0.25, -0.2) is 0 Å². The topological polar surface area (TPSA) is 23.5 Å². The fourth-order valence-electron chi connectivity index (χ4n) is 3.98. The number of hydrogen-bond donors (Lipinski definition) is 1. The second-order valence-electron chi connectivity index (χ2n) is 7.05. The van der Waals surface area contributed by atoms with E-state index in [9.17, 15) is 5.11 Å². The molecule has 0 radical (unpaired) electrons. The summed E-state index contributed by atoms with van der Waals surface area (Å²) in [5, 5.41) is 9.77. The van der Waals surface area contributed by atoms with Crippen molar-refractivity contribution in [3.8, 4) is 5.75 Å². The summed E-state index contributed by atoms with van der Waals surface area (Å²) in [4.78, 5) is 2.32. The van der Waals surface area contributed by atoms with Crippen LogP contribution in [0, 0.1) is 11.8 Å². The van der Waals surface area contributed by atoms with Crippen LogP contribution in [0.1, 0.15) is 56.9 Å². The van der Waals surface area contributed by atoms with Crippen LogP contribution >= 0.6 is 0 Å². The van der Waals surface area contributed by atoms with Crippen LogP contribution in [0.15, 0.2) is 24.3 Å². The van der Waals surface area contributed by atoms with Crippen molar-refractivity contribution >= 4 is 0 Å². The lowest BCUT2D eigenvalue weighted by Gasteiger charge is -2.38. The molecule has 1 aromatic carbocycles. The van der Waals surface area contributed by atoms with E-state index in [4.69, 9.17) is 0 Å². The Kier molecular flexibility index (Phi) is 6.10. The molecule has 1 N–H and O–H groups in total. The number of rotatable bonds is 6. The molecule has 21 heavy (non-hydrogen) atoms. The van der Waals surface area contributed by atoms with Gasteiger partial charge in [0, 0.05) is 6.54 Å². The number of nitrogens with zero attached hydrogens (tertiary/aromatic N) is 1. The summed E-state index contributed by atoms with van der Waals surface area (Å²) in [6.45, 7) is 3.44. The van der Waals surface area contributed by atoms with E-state index in [0.717, 1.165) is 18.4 Å². The van der Waals surface area contributed by atoms with E-state index in [1.807, 2.05) is 12.1 Å². The van der Waals surface area contributed by atoms with Crippen LogP contribution in [0.3, 0.4) is 0 Å². The van der Waals surface area contributed by atoms with Gasteiger partial charge in [-0.15, -0.1) is 0 Å². The minimum absolute atomic E-state index is 0.407. The molecule has 0 aliphatic heterocycles. The monoisotopic (exact) mass is 289 g/mol. The van der Waals surface area contributed by atoms with Crippen molar-refractivity contribution < 1.29 is 5.11 Å². The molecule has 2 heteroatoms. The smallest absolute Gasteiger partial charge is 0.115 e. The molecule has 1 aromatic rings. The van der Waals surface area contributed by atoms with Crippen LogP contribution in [-0.2, 0) is 0 Å². The van der Waals surface area contributed by atoms with Crippen LogP contribution in [0.5, 0.6) is 5.75 Å². The van der Waals surface area contributed by atoms with Gasteiger partial charge in [-0.1, -0.05) is 38.3 Å². The van der Waals surface area contributed by atoms with Crippen LogP contribution in [0.4, 0.5) is 0 Å². The van der Waals surface area contributed by atoms with E-state index in [2.05, 4.69) is 32.0 Å². The molecule has 0 aromatic heterocycles. The van der Waals surface area contributed by atoms with Crippen LogP contribution < -0.4 is 0 Å². The average molecular weight is 289 g/mol. The molecule has 2 nitrogen and oxygen atoms in total. The predicted molar refractivity (Wildman–Crippen MR) is 89.8 cm³/mol. The highest BCUT2D eigenvalue weighted by atomic mass is 16.3. The normalized spacial score (nSPS) is 26.2. The van der Waals surface area contributed by atoms with Gasteiger partial charge in [-0.05, 0) is 68.8 Å². The molecule has 1 aliphatic rings. The number of phenolic OH excluding ortho intramolecular Hbond substituents is 1. The zero-order valence-electron chi connectivity index (χ0n) is 13.9. The van der Waals surface area contributed by atoms with Crippen LogP contribution in [-0.4, -0.2) is 30.6 Å². The summed E-state index contributed by atoms with van der Waals surface area (Å²) in [5.74, 6) is 2.64. The van der Waals surface area contributed by atoms with E-state index >= 15 is 0 Å². The predicted octanol–water partition coefficient (Wildman–Crippen LogP) is 4.64. The van der Waals surface area contributed by atoms with E-state index in [1.54, 1.807) is 6.07 Å². The number of phenols is 1. The van der Waals surface area contributed by atoms with Gasteiger partial charge in [0.2, 0.25) is 0 Å². The highest BCUT2D eigenvalue weighted by Crippen LogP contribution is 2.42. The minimum Gasteiger partial charge on any atom is -0.508 e. The molecule has 3 atom stereocenters. The third kappa shape index (κ3) is 4.74. The number of hydrogen-bond acceptors (Lipinski definition) is 2. The van der Waals surface area contributed by atoms with Gasteiger partial charge in [-0.3, -0.25) is 0 Å². The second-order valence-corrected chi connectivity index (χ2v) is 7.05. The quantitative estimate of drug-likeness (QED) is 0.824. The summed E-state index contributed by atoms with van der Waals surface area (Å²) in [6, 6.07) is 7.93. The summed E-state index contributed by atoms with van der Waals surface area (Å²) in [5.41, 5.74) is 1.33. The Morgan fingerprint density at radius 2 is 2.05 bits per heavy atom. The molecule has 0 bridgehead atoms. The molecule has 0 saturated heterocycles. The van der Waals surface area contributed by atoms with Gasteiger partial charge in [0.05, 0.1) is 0 Å². The standard InChI is InChI=1S/C19H31NO/c1-4-5-7-15-10-11-19(17(12-15)14-20(2)3)16-8-6-9-18(21)13-16/h6,8-9,13,15,17,19,21H,4-5,7,10-12,14H2,1-3H3. The first-order valence-corrected chi connectivity index (χ1v) is 8.53. The van der Waals surface area contributed by atoms with Gasteiger partial charge in [0.25, 0.3) is 0 Å². The maximum Gasteiger partial charge on any atom is 0.115 e. The van der Waals surface area contributed by atoms with Crippen molar-refractivity contribution in [2.75, 3.05) is 20.6 Å². The molecule has 118 valence electrons. The lowest BCUT2D eigenvalue weighted by atomic mass is 9.70. The van der Waals surface area contributed by atoms with E-state index in [-0.39, 0.29) is 0 Å². The lowest BCUT2D eigenvalue weighted by Crippen LogP contribution is -2.32. The SMILES string of the molecule is CCCCC1CCC(c2cccc(O)c2)C(CN(C)C)C1. The number of unbranched alkanes of at least 4 members (excludes halogenated alkanes) is 1. The zero-order chi connectivity index (χ0) is 15.2. The molecular formula is C19H31NO. The highest BCUT2D eigenvalue weighted by Gasteiger charge is 2.31. The Morgan fingerprint density at radius 1 is 1.24 bits per heavy atom. The fourth-order valence-corrected chi connectivity index (χ4v) is 3.98. The van der Waals surface area contributed by atoms with Crippen molar-refractivity contribution in [3.63, 3.8) is 0 Å². The zero-order valence-corrected chi connectivity index (χ0v) is 13.9. The molecule has 0 amide bonds. The molecule has 2 rings (SSSR count). The minimum atomic E-state index is 0.407. The summed E-state index contributed by atoms with van der Waals surface area (Å²) in [6.07, 6.45) is 8.05. The van der Waals surface area contributed by atoms with Gasteiger partial charge in [0.15, 0.2) is 0 Å². The molecule has 1 fully saturated rings. The maximum absolute atomic E-state index is 9.77. The number of aromatic hydroxyl groups is 1. The Labute approximate surface area is 130 Å². The Balaban J connectivity index is 2.08. The van der Waals surface area contributed by atoms with Gasteiger partial charge in [-0.2, -0.15) is 0 Å². The van der Waals surface area contributed by atoms with Gasteiger partial charge < -0.3 is 10.0 Å². The summed E-state index contributed by atoms with van der Waals surface area (Å²) < 4.78 is 0. The van der Waals surface area contributed by atoms with Crippen molar-refractivity contribution in [2.24, 2.45) is 11.8 Å². The molecule has 1 saturated carbocycles. The first-order chi connectivity index (χ1) is 10.1. The van der Waals surface area contributed by atoms with Crippen LogP contribution in [0.25, 0.3) is 0 Å². The van der Waals surface area contributed by atoms with E-state index in [1.165, 1.54) is 44.1 Å². The first-order valence-electron chi connectivity index (χ1n) is 8.53. The maximum atomic E-state index is 9.77. The van der Waals surface area contributed by atoms with Gasteiger partial charge in [0.1, 0.15) is 5.75 Å². The molecular weight excluding hydrogens is 258 g/mol. The summed E-state index contributed by atoms with van der Waals surface area (Å²) in [7, 11) is 4.35. The Bertz CT molecular complexity index is 429. The largest absolute Gasteiger partial charge is 0.508 e. The van der Waals surface area contributed by atoms with E-state index in [0.29, 0.717) is 11.7 Å². The Hall–Kier alpha value is -1.02. The van der Waals surface area contributed by atoms with Crippen molar-refractivity contribution in [1.29, 1.82) is 0 Å². The third-order valence-electron chi connectivity index (χ3n) is 4.95. The van der Waals surface area contributed by atoms with Crippen molar-refractivity contribution in [1.82, 2.24) is 4.90 Å². The Morgan fingerprint density at radius 3 is 2.71 bits per heavy atom. The second kappa shape index (κ2) is 7.84. The molecule has 3 unspecified atom stereocenters. The van der Waals surface area contributed by atoms with Crippen LogP contribution in [0.2, 0.25) is 0 Å². The van der Waals surface area contributed by atoms with Crippen molar-refractivity contribution in [3.05, 3.63) is 29.8 Å². The third-order valence-corrected chi connectivity index (χ3v) is 4.95. The molecule has 0 spiro atoms. The molecule has 1 aliphatic carbocycles. The van der Waals surface area contributed by atoms with Crippen molar-refractivity contribution in [2.45, 2.75) is 51.4 Å². The van der Waals surface area contributed by atoms with E-state index < -0.39 is 0 Å². The average Bonchev–Trinajstić information content (AvgIpc) is 2.44. The molecule has 0 heterocycles. The lowest BCUT2D eigenvalue weighted by molar-refractivity contribution is 0.179. The summed E-state index contributed by atoms with van der Waals surface area (Å²) >= 11 is 0.